The molecule has 1 aliphatic heterocycles. The summed E-state index contributed by atoms with van der Waals surface area (Å²) in [5.41, 5.74) is 0. The first-order chi connectivity index (χ1) is 11.3. The molecule has 1 atom stereocenters. The Morgan fingerprint density at radius 2 is 1.88 bits per heavy atom. The van der Waals surface area contributed by atoms with Crippen molar-refractivity contribution in [1.82, 2.24) is 10.2 Å². The highest BCUT2D eigenvalue weighted by Crippen LogP contribution is 2.20. The van der Waals surface area contributed by atoms with Crippen molar-refractivity contribution in [1.29, 1.82) is 0 Å². The van der Waals surface area contributed by atoms with E-state index in [1.807, 2.05) is 0 Å². The highest BCUT2D eigenvalue weighted by Gasteiger charge is 2.33. The predicted molar refractivity (Wildman–Crippen MR) is 94.3 cm³/mol. The standard InChI is InChI=1S/C16H30N2O2.C2H4O2/c1-12(2)7-5-9-15(19)18-10-6-8-14(18)16(20)17-11-13(3)4;1-4-2-3/h12-14H,5-11H2,1-4H3,(H,17,20);2H,1H3. The monoisotopic (exact) mass is 342 g/mol. The second-order valence-electron chi connectivity index (χ2n) is 7.00. The molecule has 2 amide bonds. The zero-order valence-corrected chi connectivity index (χ0v) is 15.8. The molecular weight excluding hydrogens is 308 g/mol. The van der Waals surface area contributed by atoms with Gasteiger partial charge in [0, 0.05) is 19.5 Å². The maximum absolute atomic E-state index is 12.2. The number of nitrogens with zero attached hydrogens (tertiary/aromatic N) is 1. The van der Waals surface area contributed by atoms with Gasteiger partial charge in [0.05, 0.1) is 7.11 Å². The number of nitrogens with one attached hydrogen (secondary N) is 1. The predicted octanol–water partition coefficient (Wildman–Crippen LogP) is 2.37. The normalized spacial score (nSPS) is 16.6. The second-order valence-corrected chi connectivity index (χ2v) is 7.00. The van der Waals surface area contributed by atoms with Crippen LogP contribution >= 0.6 is 0 Å². The number of rotatable bonds is 8. The van der Waals surface area contributed by atoms with Crippen LogP contribution in [0.4, 0.5) is 0 Å². The fraction of sp³-hybridized carbons (Fsp3) is 0.833. The number of ether oxygens (including phenoxy) is 1. The lowest BCUT2D eigenvalue weighted by molar-refractivity contribution is -0.138. The third kappa shape index (κ3) is 9.53. The van der Waals surface area contributed by atoms with Gasteiger partial charge >= 0.3 is 0 Å². The van der Waals surface area contributed by atoms with Gasteiger partial charge in [-0.25, -0.2) is 0 Å². The third-order valence-corrected chi connectivity index (χ3v) is 3.83. The molecule has 0 saturated carbocycles. The minimum absolute atomic E-state index is 0.0217. The van der Waals surface area contributed by atoms with Crippen LogP contribution in [0.15, 0.2) is 0 Å². The van der Waals surface area contributed by atoms with Crippen molar-refractivity contribution in [2.75, 3.05) is 20.2 Å². The summed E-state index contributed by atoms with van der Waals surface area (Å²) in [6, 6.07) is -0.236. The topological polar surface area (TPSA) is 75.7 Å². The van der Waals surface area contributed by atoms with Crippen LogP contribution in [0.1, 0.15) is 59.8 Å². The molecule has 1 unspecified atom stereocenters. The van der Waals surface area contributed by atoms with Crippen LogP contribution in [0, 0.1) is 11.8 Å². The van der Waals surface area contributed by atoms with Crippen LogP contribution in [-0.4, -0.2) is 49.4 Å². The van der Waals surface area contributed by atoms with Crippen molar-refractivity contribution in [3.8, 4) is 0 Å². The Kier molecular flexibility index (Phi) is 11.9. The molecular formula is C18H34N2O4. The van der Waals surface area contributed by atoms with Crippen molar-refractivity contribution < 1.29 is 19.1 Å². The summed E-state index contributed by atoms with van der Waals surface area (Å²) in [5, 5.41) is 2.95. The van der Waals surface area contributed by atoms with Gasteiger partial charge in [-0.3, -0.25) is 14.4 Å². The molecule has 6 heteroatoms. The molecule has 1 N–H and O–H groups in total. The SMILES string of the molecule is CC(C)CCCC(=O)N1CCCC1C(=O)NCC(C)C.COC=O. The Bertz CT molecular complexity index is 383. The number of likely N-dealkylation sites (tertiary alicyclic amines) is 1. The Labute approximate surface area is 146 Å². The summed E-state index contributed by atoms with van der Waals surface area (Å²) in [6.07, 6.45) is 4.32. The fourth-order valence-corrected chi connectivity index (χ4v) is 2.57. The third-order valence-electron chi connectivity index (χ3n) is 3.83. The van der Waals surface area contributed by atoms with E-state index in [0.717, 1.165) is 32.2 Å². The van der Waals surface area contributed by atoms with Crippen LogP contribution in [0.2, 0.25) is 0 Å². The van der Waals surface area contributed by atoms with Crippen LogP contribution < -0.4 is 5.32 Å². The minimum atomic E-state index is -0.236. The maximum Gasteiger partial charge on any atom is 0.292 e. The zero-order chi connectivity index (χ0) is 18.5. The summed E-state index contributed by atoms with van der Waals surface area (Å²) in [5.74, 6) is 1.24. The average Bonchev–Trinajstić information content (AvgIpc) is 3.02. The van der Waals surface area contributed by atoms with Gasteiger partial charge in [0.1, 0.15) is 6.04 Å². The van der Waals surface area contributed by atoms with Gasteiger partial charge in [0.2, 0.25) is 11.8 Å². The fourth-order valence-electron chi connectivity index (χ4n) is 2.57. The number of carbonyl (C=O) groups is 3. The number of hydrogen-bond acceptors (Lipinski definition) is 4. The summed E-state index contributed by atoms with van der Waals surface area (Å²) in [7, 11) is 1.31. The first-order valence-electron chi connectivity index (χ1n) is 8.87. The molecule has 1 rings (SSSR count). The molecule has 1 aliphatic rings. The highest BCUT2D eigenvalue weighted by atomic mass is 16.5. The van der Waals surface area contributed by atoms with E-state index in [1.54, 1.807) is 4.90 Å². The van der Waals surface area contributed by atoms with Crippen molar-refractivity contribution >= 4 is 18.3 Å². The van der Waals surface area contributed by atoms with E-state index >= 15 is 0 Å². The second kappa shape index (κ2) is 12.8. The van der Waals surface area contributed by atoms with Crippen molar-refractivity contribution in [2.45, 2.75) is 65.8 Å². The zero-order valence-electron chi connectivity index (χ0n) is 15.8. The van der Waals surface area contributed by atoms with Gasteiger partial charge in [0.15, 0.2) is 0 Å². The number of hydrogen-bond donors (Lipinski definition) is 1. The van der Waals surface area contributed by atoms with E-state index in [1.165, 1.54) is 7.11 Å². The van der Waals surface area contributed by atoms with Crippen LogP contribution in [-0.2, 0) is 19.1 Å². The molecule has 0 bridgehead atoms. The molecule has 24 heavy (non-hydrogen) atoms. The van der Waals surface area contributed by atoms with Gasteiger partial charge in [-0.1, -0.05) is 34.1 Å². The minimum Gasteiger partial charge on any atom is -0.471 e. The lowest BCUT2D eigenvalue weighted by atomic mass is 10.1. The number of methoxy groups -OCH3 is 1. The molecule has 1 heterocycles. The lowest BCUT2D eigenvalue weighted by Crippen LogP contribution is -2.46. The molecule has 0 aromatic carbocycles. The van der Waals surface area contributed by atoms with Crippen molar-refractivity contribution in [2.24, 2.45) is 11.8 Å². The molecule has 0 spiro atoms. The van der Waals surface area contributed by atoms with Crippen LogP contribution in [0.25, 0.3) is 0 Å². The van der Waals surface area contributed by atoms with Crippen LogP contribution in [0.3, 0.4) is 0 Å². The van der Waals surface area contributed by atoms with E-state index < -0.39 is 0 Å². The van der Waals surface area contributed by atoms with E-state index in [0.29, 0.717) is 31.3 Å². The largest absolute Gasteiger partial charge is 0.471 e. The molecule has 0 aromatic heterocycles. The first-order valence-corrected chi connectivity index (χ1v) is 8.87. The molecule has 1 fully saturated rings. The Morgan fingerprint density at radius 3 is 2.38 bits per heavy atom. The quantitative estimate of drug-likeness (QED) is 0.687. The Morgan fingerprint density at radius 1 is 1.25 bits per heavy atom. The van der Waals surface area contributed by atoms with Gasteiger partial charge < -0.3 is 15.0 Å². The summed E-state index contributed by atoms with van der Waals surface area (Å²) in [4.78, 5) is 35.1. The van der Waals surface area contributed by atoms with E-state index in [-0.39, 0.29) is 17.9 Å². The van der Waals surface area contributed by atoms with Gasteiger partial charge in [0.25, 0.3) is 6.47 Å². The average molecular weight is 342 g/mol. The molecule has 0 aliphatic carbocycles. The summed E-state index contributed by atoms with van der Waals surface area (Å²) >= 11 is 0. The molecule has 1 saturated heterocycles. The van der Waals surface area contributed by atoms with E-state index in [4.69, 9.17) is 4.79 Å². The highest BCUT2D eigenvalue weighted by molar-refractivity contribution is 5.88. The van der Waals surface area contributed by atoms with Gasteiger partial charge in [-0.05, 0) is 31.1 Å². The van der Waals surface area contributed by atoms with Gasteiger partial charge in [-0.15, -0.1) is 0 Å². The molecule has 0 radical (unpaired) electrons. The molecule has 140 valence electrons. The number of amides is 2. The molecule has 6 nitrogen and oxygen atoms in total. The summed E-state index contributed by atoms with van der Waals surface area (Å²) in [6.45, 7) is 10.3. The Balaban J connectivity index is 0.00000118. The van der Waals surface area contributed by atoms with Crippen molar-refractivity contribution in [3.63, 3.8) is 0 Å². The van der Waals surface area contributed by atoms with E-state index in [9.17, 15) is 9.59 Å². The maximum atomic E-state index is 12.2. The summed E-state index contributed by atoms with van der Waals surface area (Å²) < 4.78 is 3.86. The van der Waals surface area contributed by atoms with Crippen LogP contribution in [0.5, 0.6) is 0 Å². The van der Waals surface area contributed by atoms with Gasteiger partial charge in [-0.2, -0.15) is 0 Å². The van der Waals surface area contributed by atoms with Crippen molar-refractivity contribution in [3.05, 3.63) is 0 Å². The van der Waals surface area contributed by atoms with E-state index in [2.05, 4.69) is 37.7 Å². The number of carbonyl (C=O) groups excluding carboxylic acids is 3. The first kappa shape index (κ1) is 22.4. The smallest absolute Gasteiger partial charge is 0.292 e. The lowest BCUT2D eigenvalue weighted by Gasteiger charge is -2.24. The molecule has 0 aromatic rings. The Hall–Kier alpha value is -1.59.